The number of nitrogens with two attached hydrogens (primary N) is 7. The maximum atomic E-state index is 5.89. The zero-order valence-electron chi connectivity index (χ0n) is 13.4. The van der Waals surface area contributed by atoms with Gasteiger partial charge in [0.1, 0.15) is 0 Å². The number of hydrazine groups is 4. The van der Waals surface area contributed by atoms with Gasteiger partial charge >= 0.3 is 165 Å². The fourth-order valence-electron chi connectivity index (χ4n) is 1.22. The monoisotopic (exact) mass is 583 g/mol. The molecule has 0 fully saturated rings. The molecule has 2 atom stereocenters. The van der Waals surface area contributed by atoms with Crippen molar-refractivity contribution in [1.82, 2.24) is 15.8 Å². The Morgan fingerprint density at radius 3 is 2.29 bits per heavy atom. The van der Waals surface area contributed by atoms with Crippen LogP contribution in [-0.2, 0) is 17.8 Å². The fraction of sp³-hybridized carbons (Fsp3) is 1.00. The third-order valence-corrected chi connectivity index (χ3v) is 4.80. The number of hydrogen-bond acceptors (Lipinski definition) is 14. The molecule has 0 rings (SSSR count). The third kappa shape index (κ3) is 10.1. The van der Waals surface area contributed by atoms with Crippen LogP contribution >= 0.6 is 22.6 Å². The molecule has 24 heavy (non-hydrogen) atoms. The molecule has 2 unspecified atom stereocenters. The van der Waals surface area contributed by atoms with E-state index in [9.17, 15) is 0 Å². The van der Waals surface area contributed by atoms with Crippen LogP contribution in [0.1, 0.15) is 26.7 Å². The van der Waals surface area contributed by atoms with Crippen LogP contribution in [0.15, 0.2) is 0 Å². The zero-order valence-corrected chi connectivity index (χ0v) is 17.7. The summed E-state index contributed by atoms with van der Waals surface area (Å²) >= 11 is 0.491. The molecule has 0 aliphatic heterocycles. The Kier molecular flexibility index (Phi) is 12.0. The number of hydroxylamine groups is 1. The van der Waals surface area contributed by atoms with E-state index in [0.717, 1.165) is 11.6 Å². The summed E-state index contributed by atoms with van der Waals surface area (Å²) in [4.78, 5) is 15.6. The first-order valence-corrected chi connectivity index (χ1v) is 9.64. The van der Waals surface area contributed by atoms with Crippen molar-refractivity contribution in [1.29, 1.82) is 0 Å². The van der Waals surface area contributed by atoms with E-state index in [1.54, 1.807) is 6.92 Å². The molecule has 0 aromatic carbocycles. The van der Waals surface area contributed by atoms with E-state index in [1.165, 1.54) is 0 Å². The average Bonchev–Trinajstić information content (AvgIpc) is 2.44. The van der Waals surface area contributed by atoms with Crippen LogP contribution in [0.5, 0.6) is 0 Å². The summed E-state index contributed by atoms with van der Waals surface area (Å²) < 4.78 is 3.88. The first-order chi connectivity index (χ1) is 11.0. The molecule has 0 saturated heterocycles. The molecule has 0 aliphatic carbocycles. The first-order valence-electron chi connectivity index (χ1n) is 6.54. The Morgan fingerprint density at radius 2 is 1.83 bits per heavy atom. The maximum absolute atomic E-state index is 5.89. The molecule has 148 valence electrons. The second kappa shape index (κ2) is 11.5. The van der Waals surface area contributed by atoms with Gasteiger partial charge in [-0.2, -0.15) is 0 Å². The Bertz CT molecular complexity index is 356. The number of hydrogen-bond donors (Lipinski definition) is 7. The standard InChI is InChI=1S/C7H27I2N11O4/c1-3-6(8)21-17(11)7(2,4-5-10)22-19(14)23-9-20(15,16)24-18(12)13/h6H,3-5,10-16H2,1-2H3. The van der Waals surface area contributed by atoms with Crippen molar-refractivity contribution in [2.45, 2.75) is 36.5 Å². The van der Waals surface area contributed by atoms with Crippen LogP contribution in [0.3, 0.4) is 0 Å². The van der Waals surface area contributed by atoms with Crippen molar-refractivity contribution < 1.29 is 42.8 Å². The van der Waals surface area contributed by atoms with Crippen molar-refractivity contribution in [2.75, 3.05) is 6.54 Å². The minimum atomic E-state index is -1.59. The van der Waals surface area contributed by atoms with E-state index in [-0.39, 0.29) is 17.1 Å². The van der Waals surface area contributed by atoms with Gasteiger partial charge in [0, 0.05) is 0 Å². The van der Waals surface area contributed by atoms with Crippen LogP contribution in [0.25, 0.3) is 0 Å². The van der Waals surface area contributed by atoms with Crippen LogP contribution < -0.4 is 62.7 Å². The molecule has 0 aromatic rings. The predicted octanol–water partition coefficient (Wildman–Crippen LogP) is -6.25. The van der Waals surface area contributed by atoms with Gasteiger partial charge in [0.2, 0.25) is 0 Å². The van der Waals surface area contributed by atoms with Gasteiger partial charge in [0.15, 0.2) is 0 Å². The predicted molar refractivity (Wildman–Crippen MR) is 85.4 cm³/mol. The number of quaternary nitrogens is 1. The number of nitrogens with zero attached hydrogens (tertiary/aromatic N) is 4. The van der Waals surface area contributed by atoms with Crippen molar-refractivity contribution >= 4 is 22.6 Å². The van der Waals surface area contributed by atoms with Crippen molar-refractivity contribution in [3.05, 3.63) is 0 Å². The van der Waals surface area contributed by atoms with Gasteiger partial charge in [0.25, 0.3) is 0 Å². The average molecular weight is 583 g/mol. The molecule has 0 aliphatic rings. The molecule has 0 radical (unpaired) electrons. The molecule has 14 N–H and O–H groups in total. The summed E-state index contributed by atoms with van der Waals surface area (Å²) in [6.45, 7) is 3.80. The van der Waals surface area contributed by atoms with Crippen LogP contribution in [0.2, 0.25) is 0 Å². The van der Waals surface area contributed by atoms with E-state index in [2.05, 4.69) is 27.5 Å². The van der Waals surface area contributed by atoms with E-state index in [0.29, 0.717) is 10.6 Å². The van der Waals surface area contributed by atoms with Gasteiger partial charge in [-0.05, 0) is 0 Å². The van der Waals surface area contributed by atoms with Crippen molar-refractivity contribution in [2.24, 2.45) is 40.8 Å². The fourth-order valence-corrected chi connectivity index (χ4v) is 2.27. The van der Waals surface area contributed by atoms with Gasteiger partial charge in [0.05, 0.1) is 0 Å². The van der Waals surface area contributed by atoms with E-state index in [1.807, 2.05) is 6.92 Å². The van der Waals surface area contributed by atoms with E-state index in [4.69, 9.17) is 53.6 Å². The molecule has 0 spiro atoms. The minimum absolute atomic E-state index is 0.168. The Morgan fingerprint density at radius 1 is 1.25 bits per heavy atom. The van der Waals surface area contributed by atoms with Gasteiger partial charge in [-0.15, -0.1) is 0 Å². The third-order valence-electron chi connectivity index (χ3n) is 2.34. The Hall–Kier alpha value is 0.860. The van der Waals surface area contributed by atoms with Crippen LogP contribution in [0.4, 0.5) is 0 Å². The summed E-state index contributed by atoms with van der Waals surface area (Å²) in [6, 6.07) is 0. The quantitative estimate of drug-likeness (QED) is 0.0267. The molecule has 0 amide bonds. The molecule has 0 heterocycles. The molecule has 0 bridgehead atoms. The van der Waals surface area contributed by atoms with Crippen molar-refractivity contribution in [3.63, 3.8) is 0 Å². The molecule has 0 saturated carbocycles. The first kappa shape index (κ1) is 24.9. The normalized spacial score (nSPS) is 17.0. The summed E-state index contributed by atoms with van der Waals surface area (Å²) in [5.41, 5.74) is 4.37. The number of rotatable bonds is 13. The summed E-state index contributed by atoms with van der Waals surface area (Å²) in [7, 11) is 0. The van der Waals surface area contributed by atoms with Gasteiger partial charge in [-0.3, -0.25) is 0 Å². The number of alkyl halides is 1. The molecular weight excluding hydrogens is 556 g/mol. The summed E-state index contributed by atoms with van der Waals surface area (Å²) in [5.74, 6) is 32.7. The SMILES string of the molecule is CCC(I)ON(N)C(C)(CCN)ON(N)O[I-][N+](N)(N)ON(N)N. The van der Waals surface area contributed by atoms with E-state index >= 15 is 0 Å². The Labute approximate surface area is 164 Å². The van der Waals surface area contributed by atoms with Gasteiger partial charge in [-0.1, -0.05) is 0 Å². The second-order valence-electron chi connectivity index (χ2n) is 4.54. The van der Waals surface area contributed by atoms with Crippen LogP contribution in [0, 0.1) is 0 Å². The van der Waals surface area contributed by atoms with Gasteiger partial charge < -0.3 is 0 Å². The molecular formula is C7H27I2N11O4. The molecule has 17 heteroatoms. The topological polar surface area (TPSA) is 229 Å². The zero-order chi connectivity index (χ0) is 19.0. The Balaban J connectivity index is 4.68. The van der Waals surface area contributed by atoms with E-state index < -0.39 is 30.7 Å². The molecule has 0 aromatic heterocycles. The summed E-state index contributed by atoms with van der Waals surface area (Å²) in [6.07, 6.45) is 1.01. The second-order valence-corrected chi connectivity index (χ2v) is 8.23. The number of halogens is 2. The molecule has 15 nitrogen and oxygen atoms in total. The van der Waals surface area contributed by atoms with Crippen LogP contribution in [-0.4, -0.2) is 35.2 Å². The van der Waals surface area contributed by atoms with Crippen molar-refractivity contribution in [3.8, 4) is 0 Å². The summed E-state index contributed by atoms with van der Waals surface area (Å²) in [5, 5.41) is 1.91. The van der Waals surface area contributed by atoms with Gasteiger partial charge in [-0.25, -0.2) is 0 Å².